The molecule has 0 bridgehead atoms. The minimum absolute atomic E-state index is 0.112. The van der Waals surface area contributed by atoms with Crippen LogP contribution in [0.15, 0.2) is 35.6 Å². The molecular formula is C24H28N4O2S2. The van der Waals surface area contributed by atoms with E-state index in [4.69, 9.17) is 0 Å². The summed E-state index contributed by atoms with van der Waals surface area (Å²) in [6.07, 6.45) is 4.91. The molecule has 1 aliphatic rings. The van der Waals surface area contributed by atoms with E-state index in [1.165, 1.54) is 35.5 Å². The van der Waals surface area contributed by atoms with Gasteiger partial charge in [0.1, 0.15) is 16.2 Å². The van der Waals surface area contributed by atoms with Crippen molar-refractivity contribution in [2.75, 3.05) is 16.4 Å². The Bertz CT molecular complexity index is 1170. The fourth-order valence-corrected chi connectivity index (χ4v) is 6.30. The lowest BCUT2D eigenvalue weighted by molar-refractivity contribution is -0.114. The Labute approximate surface area is 196 Å². The van der Waals surface area contributed by atoms with Gasteiger partial charge in [0.15, 0.2) is 0 Å². The molecule has 1 aromatic carbocycles. The molecule has 3 aromatic rings. The third-order valence-electron chi connectivity index (χ3n) is 5.84. The Morgan fingerprint density at radius 3 is 2.66 bits per heavy atom. The van der Waals surface area contributed by atoms with Gasteiger partial charge in [-0.1, -0.05) is 38.6 Å². The lowest BCUT2D eigenvalue weighted by Crippen LogP contribution is -2.26. The second kappa shape index (κ2) is 9.19. The Morgan fingerprint density at radius 1 is 1.19 bits per heavy atom. The summed E-state index contributed by atoms with van der Waals surface area (Å²) in [7, 11) is 0. The van der Waals surface area contributed by atoms with E-state index in [0.29, 0.717) is 22.7 Å². The van der Waals surface area contributed by atoms with Crippen LogP contribution < -0.4 is 10.6 Å². The third kappa shape index (κ3) is 5.13. The van der Waals surface area contributed by atoms with E-state index >= 15 is 0 Å². The van der Waals surface area contributed by atoms with Gasteiger partial charge in [-0.05, 0) is 54.4 Å². The van der Waals surface area contributed by atoms with Crippen LogP contribution in [0.25, 0.3) is 10.2 Å². The smallest absolute Gasteiger partial charge is 0.234 e. The molecule has 32 heavy (non-hydrogen) atoms. The number of anilines is 2. The van der Waals surface area contributed by atoms with Crippen molar-refractivity contribution in [3.8, 4) is 0 Å². The number of benzene rings is 1. The van der Waals surface area contributed by atoms with E-state index in [1.54, 1.807) is 41.9 Å². The van der Waals surface area contributed by atoms with E-state index in [1.807, 2.05) is 0 Å². The zero-order valence-corrected chi connectivity index (χ0v) is 20.5. The van der Waals surface area contributed by atoms with Crippen LogP contribution in [0, 0.1) is 11.3 Å². The van der Waals surface area contributed by atoms with E-state index in [-0.39, 0.29) is 17.6 Å². The number of nitrogens with zero attached hydrogens (tertiary/aromatic N) is 2. The number of aryl methyl sites for hydroxylation is 1. The average molecular weight is 469 g/mol. The van der Waals surface area contributed by atoms with Crippen LogP contribution >= 0.6 is 23.1 Å². The summed E-state index contributed by atoms with van der Waals surface area (Å²) in [5, 5.41) is 7.63. The SMILES string of the molecule is CC(=O)Nc1cccc(NC(=O)CSc2ncnc3sc4c(c23)CCC(C(C)(C)C)C4)c1. The van der Waals surface area contributed by atoms with E-state index in [0.717, 1.165) is 28.1 Å². The van der Waals surface area contributed by atoms with Crippen molar-refractivity contribution in [1.29, 1.82) is 0 Å². The van der Waals surface area contributed by atoms with Gasteiger partial charge < -0.3 is 10.6 Å². The zero-order chi connectivity index (χ0) is 22.9. The number of fused-ring (bicyclic) bond motifs is 3. The number of hydrogen-bond acceptors (Lipinski definition) is 6. The van der Waals surface area contributed by atoms with Gasteiger partial charge in [-0.15, -0.1) is 11.3 Å². The molecule has 1 atom stereocenters. The molecule has 6 nitrogen and oxygen atoms in total. The van der Waals surface area contributed by atoms with E-state index < -0.39 is 0 Å². The van der Waals surface area contributed by atoms with Crippen molar-refractivity contribution in [2.24, 2.45) is 11.3 Å². The number of nitrogens with one attached hydrogen (secondary N) is 2. The quantitative estimate of drug-likeness (QED) is 0.380. The average Bonchev–Trinajstić information content (AvgIpc) is 3.10. The summed E-state index contributed by atoms with van der Waals surface area (Å²) in [6.45, 7) is 8.42. The fraction of sp³-hybridized carbons (Fsp3) is 0.417. The molecule has 2 aromatic heterocycles. The van der Waals surface area contributed by atoms with Crippen LogP contribution in [-0.4, -0.2) is 27.5 Å². The molecule has 2 amide bonds. The number of carbonyl (C=O) groups is 2. The molecule has 0 fully saturated rings. The van der Waals surface area contributed by atoms with Gasteiger partial charge >= 0.3 is 0 Å². The number of aromatic nitrogens is 2. The Balaban J connectivity index is 1.47. The number of thiophene rings is 1. The minimum Gasteiger partial charge on any atom is -0.326 e. The largest absolute Gasteiger partial charge is 0.326 e. The van der Waals surface area contributed by atoms with Crippen molar-refractivity contribution in [3.63, 3.8) is 0 Å². The van der Waals surface area contributed by atoms with Gasteiger partial charge in [0.25, 0.3) is 0 Å². The Hall–Kier alpha value is -2.45. The number of rotatable bonds is 5. The Morgan fingerprint density at radius 2 is 1.94 bits per heavy atom. The maximum absolute atomic E-state index is 12.6. The van der Waals surface area contributed by atoms with Gasteiger partial charge in [-0.2, -0.15) is 0 Å². The molecule has 1 unspecified atom stereocenters. The highest BCUT2D eigenvalue weighted by Crippen LogP contribution is 2.44. The summed E-state index contributed by atoms with van der Waals surface area (Å²) in [5.74, 6) is 0.667. The predicted octanol–water partition coefficient (Wildman–Crippen LogP) is 5.53. The van der Waals surface area contributed by atoms with Crippen LogP contribution in [0.4, 0.5) is 11.4 Å². The molecule has 2 heterocycles. The first-order valence-corrected chi connectivity index (χ1v) is 12.6. The van der Waals surface area contributed by atoms with Crippen molar-refractivity contribution >= 4 is 56.5 Å². The number of hydrogen-bond donors (Lipinski definition) is 2. The molecule has 0 spiro atoms. The Kier molecular flexibility index (Phi) is 6.53. The lowest BCUT2D eigenvalue weighted by atomic mass is 9.72. The molecule has 0 saturated carbocycles. The second-order valence-corrected chi connectivity index (χ2v) is 11.3. The molecular weight excluding hydrogens is 440 g/mol. The highest BCUT2D eigenvalue weighted by Gasteiger charge is 2.31. The summed E-state index contributed by atoms with van der Waals surface area (Å²) in [4.78, 5) is 35.3. The van der Waals surface area contributed by atoms with Crippen molar-refractivity contribution in [1.82, 2.24) is 9.97 Å². The van der Waals surface area contributed by atoms with Crippen LogP contribution in [0.5, 0.6) is 0 Å². The van der Waals surface area contributed by atoms with E-state index in [2.05, 4.69) is 41.4 Å². The van der Waals surface area contributed by atoms with Gasteiger partial charge in [0, 0.05) is 28.6 Å². The monoisotopic (exact) mass is 468 g/mol. The first-order chi connectivity index (χ1) is 15.2. The predicted molar refractivity (Wildman–Crippen MR) is 132 cm³/mol. The molecule has 0 radical (unpaired) electrons. The summed E-state index contributed by atoms with van der Waals surface area (Å²) in [6, 6.07) is 7.13. The molecule has 8 heteroatoms. The molecule has 4 rings (SSSR count). The second-order valence-electron chi connectivity index (χ2n) is 9.27. The zero-order valence-electron chi connectivity index (χ0n) is 18.8. The van der Waals surface area contributed by atoms with Crippen molar-refractivity contribution in [3.05, 3.63) is 41.0 Å². The maximum atomic E-state index is 12.6. The topological polar surface area (TPSA) is 84.0 Å². The molecule has 1 aliphatic carbocycles. The highest BCUT2D eigenvalue weighted by atomic mass is 32.2. The van der Waals surface area contributed by atoms with Gasteiger partial charge in [-0.25, -0.2) is 9.97 Å². The van der Waals surface area contributed by atoms with Crippen LogP contribution in [0.3, 0.4) is 0 Å². The van der Waals surface area contributed by atoms with Crippen molar-refractivity contribution < 1.29 is 9.59 Å². The van der Waals surface area contributed by atoms with Crippen LogP contribution in [0.2, 0.25) is 0 Å². The first-order valence-electron chi connectivity index (χ1n) is 10.8. The fourth-order valence-electron chi connectivity index (χ4n) is 4.14. The van der Waals surface area contributed by atoms with Crippen LogP contribution in [-0.2, 0) is 22.4 Å². The lowest BCUT2D eigenvalue weighted by Gasteiger charge is -2.33. The number of thioether (sulfide) groups is 1. The van der Waals surface area contributed by atoms with Gasteiger partial charge in [-0.3, -0.25) is 9.59 Å². The summed E-state index contributed by atoms with van der Waals surface area (Å²) in [5.41, 5.74) is 2.97. The third-order valence-corrected chi connectivity index (χ3v) is 7.99. The summed E-state index contributed by atoms with van der Waals surface area (Å²) < 4.78 is 0. The minimum atomic E-state index is -0.148. The first kappa shape index (κ1) is 22.7. The van der Waals surface area contributed by atoms with Crippen molar-refractivity contribution in [2.45, 2.75) is 52.0 Å². The van der Waals surface area contributed by atoms with Crippen LogP contribution in [0.1, 0.15) is 44.6 Å². The maximum Gasteiger partial charge on any atom is 0.234 e. The number of carbonyl (C=O) groups excluding carboxylic acids is 2. The van der Waals surface area contributed by atoms with Gasteiger partial charge in [0.05, 0.1) is 5.75 Å². The highest BCUT2D eigenvalue weighted by molar-refractivity contribution is 8.00. The molecule has 2 N–H and O–H groups in total. The van der Waals surface area contributed by atoms with Gasteiger partial charge in [0.2, 0.25) is 11.8 Å². The number of amides is 2. The van der Waals surface area contributed by atoms with E-state index in [9.17, 15) is 9.59 Å². The summed E-state index contributed by atoms with van der Waals surface area (Å²) >= 11 is 3.23. The molecule has 0 aliphatic heterocycles. The standard InChI is InChI=1S/C24H28N4O2S2/c1-14(29)27-16-6-5-7-17(11-16)28-20(30)12-31-22-21-18-9-8-15(24(2,3)4)10-19(18)32-23(21)26-13-25-22/h5-7,11,13,15H,8-10,12H2,1-4H3,(H,27,29)(H,28,30). The normalized spacial score (nSPS) is 15.9. The molecule has 0 saturated heterocycles. The molecule has 168 valence electrons.